The summed E-state index contributed by atoms with van der Waals surface area (Å²) in [5.74, 6) is 0.570. The number of ether oxygens (including phenoxy) is 1. The van der Waals surface area contributed by atoms with Crippen molar-refractivity contribution in [3.05, 3.63) is 24.3 Å². The molecular weight excluding hydrogens is 306 g/mol. The van der Waals surface area contributed by atoms with Crippen LogP contribution in [0.1, 0.15) is 19.8 Å². The lowest BCUT2D eigenvalue weighted by atomic mass is 10.2. The van der Waals surface area contributed by atoms with E-state index < -0.39 is 0 Å². The average molecular weight is 328 g/mol. The number of carbonyl (C=O) groups excluding carboxylic acids is 2. The summed E-state index contributed by atoms with van der Waals surface area (Å²) < 4.78 is 5.55. The Balaban J connectivity index is 0.00000242. The molecule has 2 rings (SSSR count). The smallest absolute Gasteiger partial charge is 0.237 e. The van der Waals surface area contributed by atoms with Gasteiger partial charge in [-0.05, 0) is 31.5 Å². The summed E-state index contributed by atoms with van der Waals surface area (Å²) in [4.78, 5) is 22.7. The third-order valence-corrected chi connectivity index (χ3v) is 3.20. The van der Waals surface area contributed by atoms with E-state index in [0.29, 0.717) is 24.6 Å². The average Bonchev–Trinajstić information content (AvgIpc) is 2.97. The number of carbonyl (C=O) groups is 2. The summed E-state index contributed by atoms with van der Waals surface area (Å²) in [7, 11) is 0. The third-order valence-electron chi connectivity index (χ3n) is 3.20. The second-order valence-corrected chi connectivity index (χ2v) is 5.00. The quantitative estimate of drug-likeness (QED) is 0.688. The molecule has 1 heterocycles. The minimum absolute atomic E-state index is 0. The number of nitrogens with one attached hydrogen (secondary N) is 3. The molecule has 0 aromatic heterocycles. The van der Waals surface area contributed by atoms with Crippen LogP contribution < -0.4 is 20.7 Å². The highest BCUT2D eigenvalue weighted by molar-refractivity contribution is 5.88. The lowest BCUT2D eigenvalue weighted by Crippen LogP contribution is -2.41. The standard InChI is InChI=1S/C15H21N3O3.ClH/c1-11(19)18-12-4-2-5-13(10-12)21-9-8-17-15(20)14-6-3-7-16-14;/h2,4-5,10,14,16H,3,6-9H2,1H3,(H,17,20)(H,18,19);1H. The first-order valence-electron chi connectivity index (χ1n) is 7.17. The zero-order chi connectivity index (χ0) is 15.1. The highest BCUT2D eigenvalue weighted by atomic mass is 35.5. The van der Waals surface area contributed by atoms with Gasteiger partial charge in [-0.25, -0.2) is 0 Å². The van der Waals surface area contributed by atoms with Crippen LogP contribution in [0.15, 0.2) is 24.3 Å². The van der Waals surface area contributed by atoms with Crippen molar-refractivity contribution in [1.29, 1.82) is 0 Å². The van der Waals surface area contributed by atoms with Crippen molar-refractivity contribution in [1.82, 2.24) is 10.6 Å². The zero-order valence-corrected chi connectivity index (χ0v) is 13.4. The molecule has 6 nitrogen and oxygen atoms in total. The zero-order valence-electron chi connectivity index (χ0n) is 12.6. The molecule has 1 saturated heterocycles. The first-order chi connectivity index (χ1) is 10.1. The molecule has 7 heteroatoms. The van der Waals surface area contributed by atoms with Crippen LogP contribution in [0.25, 0.3) is 0 Å². The minimum atomic E-state index is -0.122. The molecule has 2 amide bonds. The van der Waals surface area contributed by atoms with Gasteiger partial charge in [-0.2, -0.15) is 0 Å². The molecule has 0 radical (unpaired) electrons. The Hall–Kier alpha value is -1.79. The van der Waals surface area contributed by atoms with Crippen molar-refractivity contribution >= 4 is 29.9 Å². The van der Waals surface area contributed by atoms with Crippen LogP contribution in [0.3, 0.4) is 0 Å². The molecule has 1 unspecified atom stereocenters. The van der Waals surface area contributed by atoms with Crippen molar-refractivity contribution in [2.45, 2.75) is 25.8 Å². The normalized spacial score (nSPS) is 16.5. The molecule has 1 atom stereocenters. The fourth-order valence-corrected chi connectivity index (χ4v) is 2.24. The highest BCUT2D eigenvalue weighted by Crippen LogP contribution is 2.17. The topological polar surface area (TPSA) is 79.5 Å². The molecule has 22 heavy (non-hydrogen) atoms. The maximum absolute atomic E-state index is 11.8. The lowest BCUT2D eigenvalue weighted by Gasteiger charge is -2.12. The number of hydrogen-bond donors (Lipinski definition) is 3. The summed E-state index contributed by atoms with van der Waals surface area (Å²) in [6.07, 6.45) is 1.94. The Bertz CT molecular complexity index is 505. The van der Waals surface area contributed by atoms with Crippen molar-refractivity contribution in [3.8, 4) is 5.75 Å². The minimum Gasteiger partial charge on any atom is -0.492 e. The van der Waals surface area contributed by atoms with Gasteiger partial charge in [0.1, 0.15) is 12.4 Å². The molecular formula is C15H22ClN3O3. The van der Waals surface area contributed by atoms with Crippen molar-refractivity contribution < 1.29 is 14.3 Å². The Morgan fingerprint density at radius 3 is 2.91 bits per heavy atom. The van der Waals surface area contributed by atoms with Crippen LogP contribution in [0.5, 0.6) is 5.75 Å². The summed E-state index contributed by atoms with van der Waals surface area (Å²) in [6, 6.07) is 7.10. The number of anilines is 1. The van der Waals surface area contributed by atoms with Gasteiger partial charge in [-0.15, -0.1) is 12.4 Å². The molecule has 122 valence electrons. The molecule has 1 fully saturated rings. The van der Waals surface area contributed by atoms with E-state index in [4.69, 9.17) is 4.74 Å². The molecule has 1 aromatic carbocycles. The number of benzene rings is 1. The van der Waals surface area contributed by atoms with Crippen molar-refractivity contribution in [3.63, 3.8) is 0 Å². The van der Waals surface area contributed by atoms with E-state index in [1.165, 1.54) is 6.92 Å². The lowest BCUT2D eigenvalue weighted by molar-refractivity contribution is -0.122. The molecule has 0 saturated carbocycles. The second kappa shape index (κ2) is 9.27. The molecule has 1 aromatic rings. The van der Waals surface area contributed by atoms with Gasteiger partial charge in [0.2, 0.25) is 11.8 Å². The van der Waals surface area contributed by atoms with Crippen LogP contribution >= 0.6 is 12.4 Å². The fourth-order valence-electron chi connectivity index (χ4n) is 2.24. The van der Waals surface area contributed by atoms with Gasteiger partial charge in [0.25, 0.3) is 0 Å². The van der Waals surface area contributed by atoms with Gasteiger partial charge < -0.3 is 20.7 Å². The van der Waals surface area contributed by atoms with Crippen LogP contribution in [0.2, 0.25) is 0 Å². The van der Waals surface area contributed by atoms with Gasteiger partial charge in [0.15, 0.2) is 0 Å². The van der Waals surface area contributed by atoms with E-state index in [1.54, 1.807) is 12.1 Å². The number of halogens is 1. The second-order valence-electron chi connectivity index (χ2n) is 5.00. The van der Waals surface area contributed by atoms with E-state index in [2.05, 4.69) is 16.0 Å². The van der Waals surface area contributed by atoms with Gasteiger partial charge >= 0.3 is 0 Å². The first-order valence-corrected chi connectivity index (χ1v) is 7.17. The van der Waals surface area contributed by atoms with Gasteiger partial charge in [-0.1, -0.05) is 6.07 Å². The molecule has 0 spiro atoms. The Kier molecular flexibility index (Phi) is 7.70. The number of amides is 2. The highest BCUT2D eigenvalue weighted by Gasteiger charge is 2.21. The maximum Gasteiger partial charge on any atom is 0.237 e. The van der Waals surface area contributed by atoms with E-state index in [0.717, 1.165) is 19.4 Å². The fraction of sp³-hybridized carbons (Fsp3) is 0.467. The SMILES string of the molecule is CC(=O)Nc1cccc(OCCNC(=O)C2CCCN2)c1.Cl. The van der Waals surface area contributed by atoms with E-state index in [1.807, 2.05) is 12.1 Å². The summed E-state index contributed by atoms with van der Waals surface area (Å²) in [5, 5.41) is 8.69. The van der Waals surface area contributed by atoms with Crippen LogP contribution in [-0.2, 0) is 9.59 Å². The molecule has 3 N–H and O–H groups in total. The third kappa shape index (κ3) is 5.91. The van der Waals surface area contributed by atoms with E-state index in [9.17, 15) is 9.59 Å². The van der Waals surface area contributed by atoms with Crippen LogP contribution in [0.4, 0.5) is 5.69 Å². The van der Waals surface area contributed by atoms with E-state index in [-0.39, 0.29) is 30.3 Å². The van der Waals surface area contributed by atoms with Crippen LogP contribution in [0, 0.1) is 0 Å². The monoisotopic (exact) mass is 327 g/mol. The summed E-state index contributed by atoms with van der Waals surface area (Å²) >= 11 is 0. The molecule has 1 aliphatic rings. The number of hydrogen-bond acceptors (Lipinski definition) is 4. The summed E-state index contributed by atoms with van der Waals surface area (Å²) in [5.41, 5.74) is 0.694. The van der Waals surface area contributed by atoms with Crippen molar-refractivity contribution in [2.75, 3.05) is 25.0 Å². The molecule has 1 aliphatic heterocycles. The predicted octanol–water partition coefficient (Wildman–Crippen LogP) is 1.31. The Morgan fingerprint density at radius 2 is 2.23 bits per heavy atom. The van der Waals surface area contributed by atoms with E-state index >= 15 is 0 Å². The van der Waals surface area contributed by atoms with Crippen LogP contribution in [-0.4, -0.2) is 37.6 Å². The summed E-state index contributed by atoms with van der Waals surface area (Å²) in [6.45, 7) is 3.22. The molecule has 0 bridgehead atoms. The van der Waals surface area contributed by atoms with Gasteiger partial charge in [0.05, 0.1) is 12.6 Å². The Labute approximate surface area is 136 Å². The largest absolute Gasteiger partial charge is 0.492 e. The first kappa shape index (κ1) is 18.3. The predicted molar refractivity (Wildman–Crippen MR) is 87.5 cm³/mol. The maximum atomic E-state index is 11.8. The van der Waals surface area contributed by atoms with Gasteiger partial charge in [0, 0.05) is 18.7 Å². The number of rotatable bonds is 6. The Morgan fingerprint density at radius 1 is 1.41 bits per heavy atom. The van der Waals surface area contributed by atoms with Gasteiger partial charge in [-0.3, -0.25) is 9.59 Å². The molecule has 0 aliphatic carbocycles. The van der Waals surface area contributed by atoms with Crippen molar-refractivity contribution in [2.24, 2.45) is 0 Å².